The first-order chi connectivity index (χ1) is 5.00. The molecule has 0 bridgehead atoms. The van der Waals surface area contributed by atoms with Crippen LogP contribution in [0.25, 0.3) is 0 Å². The first kappa shape index (κ1) is 10.6. The van der Waals surface area contributed by atoms with Gasteiger partial charge < -0.3 is 15.6 Å². The minimum absolute atomic E-state index is 0. The summed E-state index contributed by atoms with van der Waals surface area (Å²) >= 11 is 0. The Morgan fingerprint density at radius 1 is 1.18 bits per heavy atom. The third-order valence-corrected chi connectivity index (χ3v) is 1.13. The summed E-state index contributed by atoms with van der Waals surface area (Å²) in [6.07, 6.45) is 5.08. The van der Waals surface area contributed by atoms with Crippen molar-refractivity contribution in [2.24, 2.45) is 0 Å². The fourth-order valence-corrected chi connectivity index (χ4v) is 0.657. The SMILES string of the molecule is C1CNCN1.P.c1c[nH]cn1. The molecular weight excluding hydrogens is 159 g/mol. The van der Waals surface area contributed by atoms with Crippen molar-refractivity contribution in [3.8, 4) is 0 Å². The van der Waals surface area contributed by atoms with Crippen LogP contribution in [0.2, 0.25) is 0 Å². The minimum Gasteiger partial charge on any atom is -0.351 e. The molecule has 5 heteroatoms. The summed E-state index contributed by atoms with van der Waals surface area (Å²) in [5.74, 6) is 0. The third kappa shape index (κ3) is 5.98. The van der Waals surface area contributed by atoms with E-state index in [0.29, 0.717) is 0 Å². The van der Waals surface area contributed by atoms with Crippen molar-refractivity contribution in [2.45, 2.75) is 0 Å². The molecule has 0 aliphatic carbocycles. The zero-order valence-corrected chi connectivity index (χ0v) is 7.92. The van der Waals surface area contributed by atoms with E-state index < -0.39 is 0 Å². The van der Waals surface area contributed by atoms with Crippen LogP contribution in [0.3, 0.4) is 0 Å². The van der Waals surface area contributed by atoms with E-state index >= 15 is 0 Å². The molecule has 0 amide bonds. The van der Waals surface area contributed by atoms with E-state index in [0.717, 1.165) is 19.8 Å². The average Bonchev–Trinajstić information content (AvgIpc) is 2.67. The van der Waals surface area contributed by atoms with E-state index in [-0.39, 0.29) is 9.90 Å². The van der Waals surface area contributed by atoms with Crippen LogP contribution in [-0.4, -0.2) is 29.7 Å². The van der Waals surface area contributed by atoms with Gasteiger partial charge in [-0.05, 0) is 0 Å². The van der Waals surface area contributed by atoms with Gasteiger partial charge in [0.15, 0.2) is 0 Å². The molecule has 0 aromatic carbocycles. The molecule has 64 valence electrons. The van der Waals surface area contributed by atoms with Gasteiger partial charge in [0, 0.05) is 32.2 Å². The van der Waals surface area contributed by atoms with Crippen LogP contribution in [0.15, 0.2) is 18.7 Å². The molecule has 4 nitrogen and oxygen atoms in total. The van der Waals surface area contributed by atoms with Gasteiger partial charge in [0.05, 0.1) is 6.33 Å². The Balaban J connectivity index is 0.000000167. The fourth-order valence-electron chi connectivity index (χ4n) is 0.657. The number of aromatic nitrogens is 2. The van der Waals surface area contributed by atoms with Crippen molar-refractivity contribution >= 4 is 9.90 Å². The molecule has 1 fully saturated rings. The molecule has 0 spiro atoms. The number of hydrogen-bond acceptors (Lipinski definition) is 3. The largest absolute Gasteiger partial charge is 0.351 e. The fraction of sp³-hybridized carbons (Fsp3) is 0.500. The van der Waals surface area contributed by atoms with E-state index in [1.54, 1.807) is 18.7 Å². The molecule has 1 aliphatic rings. The second-order valence-electron chi connectivity index (χ2n) is 1.94. The van der Waals surface area contributed by atoms with Gasteiger partial charge in [0.2, 0.25) is 0 Å². The second kappa shape index (κ2) is 7.66. The Hall–Kier alpha value is -0.440. The molecule has 2 heterocycles. The molecule has 1 aromatic rings. The maximum absolute atomic E-state index is 3.67. The smallest absolute Gasteiger partial charge is 0.0919 e. The molecule has 0 radical (unpaired) electrons. The summed E-state index contributed by atoms with van der Waals surface area (Å²) in [7, 11) is 0. The summed E-state index contributed by atoms with van der Waals surface area (Å²) in [6.45, 7) is 3.28. The van der Waals surface area contributed by atoms with E-state index in [9.17, 15) is 0 Å². The Labute approximate surface area is 69.8 Å². The molecule has 3 N–H and O–H groups in total. The van der Waals surface area contributed by atoms with Crippen LogP contribution in [0, 0.1) is 0 Å². The predicted octanol–water partition coefficient (Wildman–Crippen LogP) is -0.396. The summed E-state index contributed by atoms with van der Waals surface area (Å²) < 4.78 is 0. The molecule has 2 rings (SSSR count). The highest BCUT2D eigenvalue weighted by Gasteiger charge is 1.90. The Kier molecular flexibility index (Phi) is 7.36. The molecule has 0 saturated carbocycles. The topological polar surface area (TPSA) is 52.7 Å². The molecule has 1 saturated heterocycles. The van der Waals surface area contributed by atoms with Crippen LogP contribution in [-0.2, 0) is 0 Å². The lowest BCUT2D eigenvalue weighted by Gasteiger charge is -1.77. The number of nitrogens with one attached hydrogen (secondary N) is 3. The molecule has 1 aliphatic heterocycles. The summed E-state index contributed by atoms with van der Waals surface area (Å²) in [6, 6.07) is 0. The van der Waals surface area contributed by atoms with Crippen molar-refractivity contribution in [3.05, 3.63) is 18.7 Å². The lowest BCUT2D eigenvalue weighted by atomic mass is 10.7. The van der Waals surface area contributed by atoms with Crippen LogP contribution in [0.1, 0.15) is 0 Å². The summed E-state index contributed by atoms with van der Waals surface area (Å²) in [4.78, 5) is 6.42. The van der Waals surface area contributed by atoms with Crippen LogP contribution < -0.4 is 10.6 Å². The van der Waals surface area contributed by atoms with E-state index in [4.69, 9.17) is 0 Å². The molecule has 1 aromatic heterocycles. The van der Waals surface area contributed by atoms with E-state index in [1.165, 1.54) is 0 Å². The standard InChI is InChI=1S/C3H8N2.C3H4N2.H3P/c2*1-2-5-3-4-1;/h4-5H,1-3H2;1-3H,(H,4,5);1H3. The molecule has 11 heavy (non-hydrogen) atoms. The number of aromatic amines is 1. The number of imidazole rings is 1. The molecule has 1 atom stereocenters. The van der Waals surface area contributed by atoms with Crippen LogP contribution in [0.5, 0.6) is 0 Å². The molecular formula is C6H15N4P. The maximum Gasteiger partial charge on any atom is 0.0919 e. The quantitative estimate of drug-likeness (QED) is 0.469. The van der Waals surface area contributed by atoms with Gasteiger partial charge in [-0.1, -0.05) is 0 Å². The first-order valence-corrected chi connectivity index (χ1v) is 3.34. The van der Waals surface area contributed by atoms with Crippen molar-refractivity contribution in [2.75, 3.05) is 19.8 Å². The number of hydrogen-bond donors (Lipinski definition) is 3. The Bertz CT molecular complexity index is 113. The number of rotatable bonds is 0. The Morgan fingerprint density at radius 3 is 2.09 bits per heavy atom. The Morgan fingerprint density at radius 2 is 1.91 bits per heavy atom. The lowest BCUT2D eigenvalue weighted by Crippen LogP contribution is -2.11. The number of H-pyrrole nitrogens is 1. The van der Waals surface area contributed by atoms with E-state index in [1.807, 2.05) is 0 Å². The van der Waals surface area contributed by atoms with Crippen LogP contribution >= 0.6 is 9.90 Å². The van der Waals surface area contributed by atoms with Gasteiger partial charge in [-0.15, -0.1) is 0 Å². The normalized spacial score (nSPS) is 14.5. The highest BCUT2D eigenvalue weighted by Crippen LogP contribution is 1.63. The van der Waals surface area contributed by atoms with Gasteiger partial charge in [-0.2, -0.15) is 9.90 Å². The van der Waals surface area contributed by atoms with Gasteiger partial charge in [0.25, 0.3) is 0 Å². The van der Waals surface area contributed by atoms with Crippen molar-refractivity contribution < 1.29 is 0 Å². The van der Waals surface area contributed by atoms with Gasteiger partial charge in [-0.3, -0.25) is 0 Å². The highest BCUT2D eigenvalue weighted by atomic mass is 31.0. The molecule has 1 unspecified atom stereocenters. The van der Waals surface area contributed by atoms with Gasteiger partial charge >= 0.3 is 0 Å². The van der Waals surface area contributed by atoms with Crippen molar-refractivity contribution in [3.63, 3.8) is 0 Å². The maximum atomic E-state index is 3.67. The van der Waals surface area contributed by atoms with Gasteiger partial charge in [-0.25, -0.2) is 4.98 Å². The zero-order valence-electron chi connectivity index (χ0n) is 6.51. The minimum atomic E-state index is 0. The van der Waals surface area contributed by atoms with Gasteiger partial charge in [0.1, 0.15) is 0 Å². The zero-order chi connectivity index (χ0) is 7.07. The number of nitrogens with zero attached hydrogens (tertiary/aromatic N) is 1. The lowest BCUT2D eigenvalue weighted by molar-refractivity contribution is 0.807. The second-order valence-corrected chi connectivity index (χ2v) is 1.94. The van der Waals surface area contributed by atoms with Crippen molar-refractivity contribution in [1.29, 1.82) is 0 Å². The monoisotopic (exact) mass is 174 g/mol. The van der Waals surface area contributed by atoms with Crippen LogP contribution in [0.4, 0.5) is 0 Å². The first-order valence-electron chi connectivity index (χ1n) is 3.34. The summed E-state index contributed by atoms with van der Waals surface area (Å²) in [5, 5.41) is 6.22. The van der Waals surface area contributed by atoms with E-state index in [2.05, 4.69) is 20.6 Å². The van der Waals surface area contributed by atoms with Crippen molar-refractivity contribution in [1.82, 2.24) is 20.6 Å². The summed E-state index contributed by atoms with van der Waals surface area (Å²) in [5.41, 5.74) is 0. The highest BCUT2D eigenvalue weighted by molar-refractivity contribution is 6.92. The average molecular weight is 174 g/mol. The third-order valence-electron chi connectivity index (χ3n) is 1.13. The predicted molar refractivity (Wildman–Crippen MR) is 50.6 cm³/mol.